The summed E-state index contributed by atoms with van der Waals surface area (Å²) in [6.45, 7) is 5.41. The lowest BCUT2D eigenvalue weighted by Crippen LogP contribution is -2.40. The van der Waals surface area contributed by atoms with Crippen LogP contribution in [0.5, 0.6) is 5.75 Å². The van der Waals surface area contributed by atoms with Gasteiger partial charge in [-0.3, -0.25) is 4.79 Å². The van der Waals surface area contributed by atoms with Crippen molar-refractivity contribution in [1.29, 1.82) is 0 Å². The number of hydrogen-bond donors (Lipinski definition) is 2. The molecular weight excluding hydrogens is 350 g/mol. The quantitative estimate of drug-likeness (QED) is 0.530. The molecule has 1 aromatic carbocycles. The second-order valence-electron chi connectivity index (χ2n) is 6.36. The molecule has 0 saturated carbocycles. The van der Waals surface area contributed by atoms with Crippen LogP contribution in [0, 0.1) is 5.92 Å². The van der Waals surface area contributed by atoms with Crippen LogP contribution in [0.25, 0.3) is 0 Å². The molecule has 1 aromatic rings. The maximum Gasteiger partial charge on any atom is 0.225 e. The van der Waals surface area contributed by atoms with E-state index in [0.29, 0.717) is 24.8 Å². The van der Waals surface area contributed by atoms with Gasteiger partial charge in [0.25, 0.3) is 0 Å². The number of carbonyl (C=O) groups is 1. The van der Waals surface area contributed by atoms with E-state index in [1.807, 2.05) is 31.2 Å². The number of nitrogens with one attached hydrogen (secondary N) is 2. The Bertz CT molecular complexity index is 594. The third kappa shape index (κ3) is 5.32. The molecule has 1 fully saturated rings. The van der Waals surface area contributed by atoms with Crippen LogP contribution in [0.2, 0.25) is 0 Å². The summed E-state index contributed by atoms with van der Waals surface area (Å²) in [5.74, 6) is 0.846. The first-order valence-corrected chi connectivity index (χ1v) is 9.44. The highest BCUT2D eigenvalue weighted by Gasteiger charge is 2.39. The molecule has 1 heterocycles. The van der Waals surface area contributed by atoms with E-state index in [1.54, 1.807) is 14.2 Å². The third-order valence-corrected chi connectivity index (χ3v) is 5.04. The highest BCUT2D eigenvalue weighted by Crippen LogP contribution is 2.33. The van der Waals surface area contributed by atoms with Gasteiger partial charge in [0, 0.05) is 45.8 Å². The Morgan fingerprint density at radius 2 is 1.96 bits per heavy atom. The predicted octanol–water partition coefficient (Wildman–Crippen LogP) is 1.76. The summed E-state index contributed by atoms with van der Waals surface area (Å²) in [6, 6.07) is 7.95. The van der Waals surface area contributed by atoms with E-state index in [4.69, 9.17) is 21.7 Å². The number of amides is 1. The van der Waals surface area contributed by atoms with Crippen LogP contribution in [-0.4, -0.2) is 62.9 Å². The molecule has 1 aliphatic heterocycles. The van der Waals surface area contributed by atoms with E-state index in [1.165, 1.54) is 0 Å². The van der Waals surface area contributed by atoms with Gasteiger partial charge in [-0.25, -0.2) is 0 Å². The van der Waals surface area contributed by atoms with Gasteiger partial charge in [-0.05, 0) is 43.3 Å². The van der Waals surface area contributed by atoms with Crippen molar-refractivity contribution < 1.29 is 14.3 Å². The largest absolute Gasteiger partial charge is 0.497 e. The fourth-order valence-electron chi connectivity index (χ4n) is 3.25. The lowest BCUT2D eigenvalue weighted by Gasteiger charge is -2.19. The number of rotatable bonds is 8. The van der Waals surface area contributed by atoms with Crippen LogP contribution >= 0.6 is 12.2 Å². The van der Waals surface area contributed by atoms with Gasteiger partial charge in [-0.2, -0.15) is 0 Å². The number of methoxy groups -OCH3 is 2. The van der Waals surface area contributed by atoms with Crippen molar-refractivity contribution in [2.75, 3.05) is 47.0 Å². The molecule has 6 nitrogen and oxygen atoms in total. The Morgan fingerprint density at radius 1 is 1.23 bits per heavy atom. The summed E-state index contributed by atoms with van der Waals surface area (Å²) >= 11 is 5.46. The third-order valence-electron chi connectivity index (χ3n) is 4.64. The molecule has 26 heavy (non-hydrogen) atoms. The van der Waals surface area contributed by atoms with Gasteiger partial charge in [0.1, 0.15) is 5.75 Å². The molecule has 1 amide bonds. The topological polar surface area (TPSA) is 62.8 Å². The van der Waals surface area contributed by atoms with Gasteiger partial charge in [0.15, 0.2) is 5.11 Å². The maximum absolute atomic E-state index is 12.8. The Labute approximate surface area is 161 Å². The molecule has 144 valence electrons. The van der Waals surface area contributed by atoms with Crippen molar-refractivity contribution in [2.45, 2.75) is 19.3 Å². The first-order chi connectivity index (χ1) is 12.6. The van der Waals surface area contributed by atoms with Crippen LogP contribution in [0.15, 0.2) is 24.3 Å². The van der Waals surface area contributed by atoms with Crippen LogP contribution in [0.3, 0.4) is 0 Å². The van der Waals surface area contributed by atoms with Crippen LogP contribution in [0.1, 0.15) is 24.8 Å². The number of carbonyl (C=O) groups excluding carboxylic acids is 1. The van der Waals surface area contributed by atoms with E-state index in [0.717, 1.165) is 30.8 Å². The normalized spacial score (nSPS) is 19.3. The van der Waals surface area contributed by atoms with Crippen molar-refractivity contribution in [3.63, 3.8) is 0 Å². The smallest absolute Gasteiger partial charge is 0.225 e. The molecule has 7 heteroatoms. The number of ether oxygens (including phenoxy) is 2. The molecule has 2 atom stereocenters. The summed E-state index contributed by atoms with van der Waals surface area (Å²) in [5.41, 5.74) is 1.13. The lowest BCUT2D eigenvalue weighted by molar-refractivity contribution is -0.124. The Kier molecular flexibility index (Phi) is 8.12. The molecule has 0 aliphatic carbocycles. The SMILES string of the molecule is CCNC(=S)N1C[C@H](c2ccc(OC)cc2)[C@H](C(=O)NCCCOC)C1. The predicted molar refractivity (Wildman–Crippen MR) is 107 cm³/mol. The van der Waals surface area contributed by atoms with Gasteiger partial charge in [0.2, 0.25) is 5.91 Å². The summed E-state index contributed by atoms with van der Waals surface area (Å²) in [7, 11) is 3.31. The average Bonchev–Trinajstić information content (AvgIpc) is 3.11. The molecule has 0 bridgehead atoms. The van der Waals surface area contributed by atoms with E-state index in [9.17, 15) is 4.79 Å². The Hall–Kier alpha value is -1.86. The summed E-state index contributed by atoms with van der Waals surface area (Å²) < 4.78 is 10.3. The highest BCUT2D eigenvalue weighted by atomic mass is 32.1. The molecular formula is C19H29N3O3S. The first kappa shape index (κ1) is 20.5. The zero-order chi connectivity index (χ0) is 18.9. The molecule has 2 N–H and O–H groups in total. The number of likely N-dealkylation sites (tertiary alicyclic amines) is 1. The van der Waals surface area contributed by atoms with Gasteiger partial charge in [-0.15, -0.1) is 0 Å². The molecule has 0 unspecified atom stereocenters. The zero-order valence-corrected chi connectivity index (χ0v) is 16.6. The fourth-order valence-corrected chi connectivity index (χ4v) is 3.54. The van der Waals surface area contributed by atoms with Crippen molar-refractivity contribution in [3.05, 3.63) is 29.8 Å². The van der Waals surface area contributed by atoms with Crippen molar-refractivity contribution in [2.24, 2.45) is 5.92 Å². The number of benzene rings is 1. The lowest BCUT2D eigenvalue weighted by atomic mass is 9.88. The van der Waals surface area contributed by atoms with E-state index < -0.39 is 0 Å². The molecule has 0 radical (unpaired) electrons. The minimum absolute atomic E-state index is 0.0729. The minimum atomic E-state index is -0.137. The zero-order valence-electron chi connectivity index (χ0n) is 15.8. The van der Waals surface area contributed by atoms with Gasteiger partial charge in [0.05, 0.1) is 13.0 Å². The van der Waals surface area contributed by atoms with Gasteiger partial charge >= 0.3 is 0 Å². The van der Waals surface area contributed by atoms with Crippen molar-refractivity contribution >= 4 is 23.2 Å². The molecule has 2 rings (SSSR count). The van der Waals surface area contributed by atoms with Crippen molar-refractivity contribution in [1.82, 2.24) is 15.5 Å². The number of nitrogens with zero attached hydrogens (tertiary/aromatic N) is 1. The molecule has 0 aromatic heterocycles. The summed E-state index contributed by atoms with van der Waals surface area (Å²) in [6.07, 6.45) is 0.807. The molecule has 1 aliphatic rings. The van der Waals surface area contributed by atoms with E-state index in [-0.39, 0.29) is 17.7 Å². The van der Waals surface area contributed by atoms with Crippen LogP contribution in [-0.2, 0) is 9.53 Å². The first-order valence-electron chi connectivity index (χ1n) is 9.04. The Morgan fingerprint density at radius 3 is 2.58 bits per heavy atom. The number of hydrogen-bond acceptors (Lipinski definition) is 4. The molecule has 0 spiro atoms. The van der Waals surface area contributed by atoms with Gasteiger partial charge < -0.3 is 25.0 Å². The molecule has 1 saturated heterocycles. The van der Waals surface area contributed by atoms with Crippen LogP contribution < -0.4 is 15.4 Å². The van der Waals surface area contributed by atoms with Crippen molar-refractivity contribution in [3.8, 4) is 5.75 Å². The Balaban J connectivity index is 2.11. The fraction of sp³-hybridized carbons (Fsp3) is 0.579. The van der Waals surface area contributed by atoms with Gasteiger partial charge in [-0.1, -0.05) is 12.1 Å². The average molecular weight is 380 g/mol. The standard InChI is InChI=1S/C19H29N3O3S/c1-4-20-19(26)22-12-16(14-6-8-15(25-3)9-7-14)17(13-22)18(23)21-10-5-11-24-2/h6-9,16-17H,4-5,10-13H2,1-3H3,(H,20,26)(H,21,23)/t16-,17-/m1/s1. The minimum Gasteiger partial charge on any atom is -0.497 e. The van der Waals surface area contributed by atoms with E-state index in [2.05, 4.69) is 15.5 Å². The monoisotopic (exact) mass is 379 g/mol. The highest BCUT2D eigenvalue weighted by molar-refractivity contribution is 7.80. The van der Waals surface area contributed by atoms with Crippen LogP contribution in [0.4, 0.5) is 0 Å². The second kappa shape index (κ2) is 10.3. The second-order valence-corrected chi connectivity index (χ2v) is 6.75. The van der Waals surface area contributed by atoms with E-state index >= 15 is 0 Å². The summed E-state index contributed by atoms with van der Waals surface area (Å²) in [4.78, 5) is 14.9. The summed E-state index contributed by atoms with van der Waals surface area (Å²) in [5, 5.41) is 6.93. The number of thiocarbonyl (C=S) groups is 1. The maximum atomic E-state index is 12.8.